The average Bonchev–Trinajstić information content (AvgIpc) is 2.25. The zero-order valence-corrected chi connectivity index (χ0v) is 13.3. The van der Waals surface area contributed by atoms with Crippen LogP contribution in [0.2, 0.25) is 0 Å². The number of carbonyl (C=O) groups excluding carboxylic acids is 1. The van der Waals surface area contributed by atoms with Crippen molar-refractivity contribution in [3.05, 3.63) is 35.4 Å². The molecule has 0 aliphatic carbocycles. The molecule has 1 aromatic rings. The van der Waals surface area contributed by atoms with Crippen molar-refractivity contribution in [1.82, 2.24) is 0 Å². The minimum atomic E-state index is -0.587. The Hall–Kier alpha value is -1.15. The molecule has 106 valence electrons. The summed E-state index contributed by atoms with van der Waals surface area (Å²) in [5.41, 5.74) is 7.06. The standard InChI is InChI=1S/C17H27NO/c1-15(2,3)13-10-8-12(9-11-13)14(19)16(4,5)17(6,7)18/h8-11H,18H2,1-7H3. The molecule has 0 aliphatic heterocycles. The molecule has 2 nitrogen and oxygen atoms in total. The van der Waals surface area contributed by atoms with Crippen LogP contribution in [0.3, 0.4) is 0 Å². The molecular weight excluding hydrogens is 234 g/mol. The topological polar surface area (TPSA) is 43.1 Å². The van der Waals surface area contributed by atoms with E-state index in [4.69, 9.17) is 5.73 Å². The molecule has 2 heteroatoms. The third-order valence-corrected chi connectivity index (χ3v) is 4.19. The van der Waals surface area contributed by atoms with Gasteiger partial charge in [-0.05, 0) is 24.8 Å². The zero-order chi connectivity index (χ0) is 15.1. The van der Waals surface area contributed by atoms with E-state index >= 15 is 0 Å². The Balaban J connectivity index is 3.10. The Morgan fingerprint density at radius 1 is 0.895 bits per heavy atom. The summed E-state index contributed by atoms with van der Waals surface area (Å²) in [5.74, 6) is 0.0976. The third kappa shape index (κ3) is 3.24. The van der Waals surface area contributed by atoms with E-state index in [1.165, 1.54) is 5.56 Å². The molecule has 2 N–H and O–H groups in total. The predicted molar refractivity (Wildman–Crippen MR) is 81.5 cm³/mol. The van der Waals surface area contributed by atoms with Gasteiger partial charge >= 0.3 is 0 Å². The summed E-state index contributed by atoms with van der Waals surface area (Å²) >= 11 is 0. The molecule has 1 rings (SSSR count). The molecule has 0 atom stereocenters. The largest absolute Gasteiger partial charge is 0.325 e. The van der Waals surface area contributed by atoms with Gasteiger partial charge < -0.3 is 5.73 Å². The molecule has 19 heavy (non-hydrogen) atoms. The van der Waals surface area contributed by atoms with Crippen molar-refractivity contribution in [3.8, 4) is 0 Å². The van der Waals surface area contributed by atoms with Crippen LogP contribution in [-0.2, 0) is 5.41 Å². The second-order valence-electron chi connectivity index (χ2n) is 7.50. The van der Waals surface area contributed by atoms with Crippen LogP contribution in [0, 0.1) is 5.41 Å². The lowest BCUT2D eigenvalue weighted by molar-refractivity contribution is 0.0735. The highest BCUT2D eigenvalue weighted by molar-refractivity contribution is 6.01. The predicted octanol–water partition coefficient (Wildman–Crippen LogP) is 3.93. The summed E-state index contributed by atoms with van der Waals surface area (Å²) in [6.07, 6.45) is 0. The van der Waals surface area contributed by atoms with E-state index in [-0.39, 0.29) is 11.2 Å². The molecule has 0 amide bonds. The van der Waals surface area contributed by atoms with E-state index in [0.717, 1.165) is 5.56 Å². The van der Waals surface area contributed by atoms with Crippen LogP contribution in [0.15, 0.2) is 24.3 Å². The lowest BCUT2D eigenvalue weighted by Gasteiger charge is -2.37. The second kappa shape index (κ2) is 4.75. The van der Waals surface area contributed by atoms with Gasteiger partial charge in [-0.2, -0.15) is 0 Å². The smallest absolute Gasteiger partial charge is 0.170 e. The van der Waals surface area contributed by atoms with Gasteiger partial charge in [0.1, 0.15) is 0 Å². The molecule has 0 spiro atoms. The van der Waals surface area contributed by atoms with Crippen LogP contribution >= 0.6 is 0 Å². The summed E-state index contributed by atoms with van der Waals surface area (Å²) in [7, 11) is 0. The Morgan fingerprint density at radius 2 is 1.32 bits per heavy atom. The first-order valence-corrected chi connectivity index (χ1v) is 6.81. The average molecular weight is 261 g/mol. The van der Waals surface area contributed by atoms with E-state index in [2.05, 4.69) is 20.8 Å². The number of rotatable bonds is 3. The van der Waals surface area contributed by atoms with E-state index in [1.807, 2.05) is 52.0 Å². The Labute approximate surface area is 117 Å². The van der Waals surface area contributed by atoms with Gasteiger partial charge in [0.15, 0.2) is 5.78 Å². The lowest BCUT2D eigenvalue weighted by Crippen LogP contribution is -2.51. The van der Waals surface area contributed by atoms with Gasteiger partial charge in [-0.1, -0.05) is 58.9 Å². The van der Waals surface area contributed by atoms with Gasteiger partial charge in [-0.25, -0.2) is 0 Å². The molecule has 0 radical (unpaired) electrons. The van der Waals surface area contributed by atoms with Gasteiger partial charge in [0, 0.05) is 16.5 Å². The number of carbonyl (C=O) groups is 1. The maximum atomic E-state index is 12.6. The van der Waals surface area contributed by atoms with Crippen LogP contribution in [0.4, 0.5) is 0 Å². The summed E-state index contributed by atoms with van der Waals surface area (Å²) in [5, 5.41) is 0. The van der Waals surface area contributed by atoms with Crippen LogP contribution in [0.1, 0.15) is 64.4 Å². The molecule has 0 heterocycles. The molecule has 0 aliphatic rings. The van der Waals surface area contributed by atoms with Gasteiger partial charge in [-0.15, -0.1) is 0 Å². The minimum Gasteiger partial charge on any atom is -0.325 e. The third-order valence-electron chi connectivity index (χ3n) is 4.19. The molecule has 0 saturated heterocycles. The van der Waals surface area contributed by atoms with Crippen molar-refractivity contribution >= 4 is 5.78 Å². The number of benzene rings is 1. The normalized spacial score (nSPS) is 13.5. The highest BCUT2D eigenvalue weighted by atomic mass is 16.1. The highest BCUT2D eigenvalue weighted by Gasteiger charge is 2.40. The SMILES string of the molecule is CC(C)(C)c1ccc(C(=O)C(C)(C)C(C)(C)N)cc1. The Kier molecular flexibility index (Phi) is 3.98. The van der Waals surface area contributed by atoms with E-state index in [1.54, 1.807) is 0 Å². The first-order chi connectivity index (χ1) is 8.37. The summed E-state index contributed by atoms with van der Waals surface area (Å²) < 4.78 is 0. The highest BCUT2D eigenvalue weighted by Crippen LogP contribution is 2.33. The first kappa shape index (κ1) is 15.9. The van der Waals surface area contributed by atoms with Crippen molar-refractivity contribution in [3.63, 3.8) is 0 Å². The molecule has 0 aromatic heterocycles. The second-order valence-corrected chi connectivity index (χ2v) is 7.50. The monoisotopic (exact) mass is 261 g/mol. The number of ketones is 1. The minimum absolute atomic E-state index is 0.0976. The van der Waals surface area contributed by atoms with Gasteiger partial charge in [0.05, 0.1) is 0 Å². The first-order valence-electron chi connectivity index (χ1n) is 6.81. The molecular formula is C17H27NO. The summed E-state index contributed by atoms with van der Waals surface area (Å²) in [4.78, 5) is 12.6. The molecule has 0 bridgehead atoms. The lowest BCUT2D eigenvalue weighted by atomic mass is 9.70. The Bertz CT molecular complexity index is 456. The van der Waals surface area contributed by atoms with E-state index < -0.39 is 11.0 Å². The fraction of sp³-hybridized carbons (Fsp3) is 0.588. The number of nitrogens with two attached hydrogens (primary N) is 1. The Morgan fingerprint density at radius 3 is 1.63 bits per heavy atom. The van der Waals surface area contributed by atoms with Gasteiger partial charge in [-0.3, -0.25) is 4.79 Å². The fourth-order valence-corrected chi connectivity index (χ4v) is 1.78. The molecule has 0 fully saturated rings. The van der Waals surface area contributed by atoms with Crippen LogP contribution in [0.25, 0.3) is 0 Å². The van der Waals surface area contributed by atoms with Gasteiger partial charge in [0.25, 0.3) is 0 Å². The van der Waals surface area contributed by atoms with E-state index in [9.17, 15) is 4.79 Å². The fourth-order valence-electron chi connectivity index (χ4n) is 1.78. The number of hydrogen-bond acceptors (Lipinski definition) is 2. The quantitative estimate of drug-likeness (QED) is 0.838. The van der Waals surface area contributed by atoms with Crippen molar-refractivity contribution in [2.24, 2.45) is 11.1 Å². The van der Waals surface area contributed by atoms with Crippen LogP contribution in [0.5, 0.6) is 0 Å². The molecule has 0 saturated carbocycles. The van der Waals surface area contributed by atoms with Crippen molar-refractivity contribution in [2.75, 3.05) is 0 Å². The summed E-state index contributed by atoms with van der Waals surface area (Å²) in [6.45, 7) is 14.1. The molecule has 0 unspecified atom stereocenters. The maximum Gasteiger partial charge on any atom is 0.170 e. The molecule has 1 aromatic carbocycles. The maximum absolute atomic E-state index is 12.6. The van der Waals surface area contributed by atoms with Crippen LogP contribution < -0.4 is 5.73 Å². The van der Waals surface area contributed by atoms with Crippen LogP contribution in [-0.4, -0.2) is 11.3 Å². The van der Waals surface area contributed by atoms with Crippen molar-refractivity contribution < 1.29 is 4.79 Å². The van der Waals surface area contributed by atoms with Crippen molar-refractivity contribution in [2.45, 2.75) is 59.4 Å². The van der Waals surface area contributed by atoms with Crippen molar-refractivity contribution in [1.29, 1.82) is 0 Å². The number of hydrogen-bond donors (Lipinski definition) is 1. The van der Waals surface area contributed by atoms with E-state index in [0.29, 0.717) is 0 Å². The number of Topliss-reactive ketones (excluding diaryl/α,β-unsaturated/α-hetero) is 1. The summed E-state index contributed by atoms with van der Waals surface area (Å²) in [6, 6.07) is 7.90. The zero-order valence-electron chi connectivity index (χ0n) is 13.3. The van der Waals surface area contributed by atoms with Gasteiger partial charge in [0.2, 0.25) is 0 Å².